The average molecular weight is 403 g/mol. The number of aromatic nitrogens is 4. The molecule has 6 nitrogen and oxygen atoms in total. The van der Waals surface area contributed by atoms with Gasteiger partial charge in [-0.05, 0) is 31.0 Å². The Bertz CT molecular complexity index is 922. The van der Waals surface area contributed by atoms with E-state index in [9.17, 15) is 0 Å². The zero-order valence-corrected chi connectivity index (χ0v) is 17.1. The summed E-state index contributed by atoms with van der Waals surface area (Å²) in [4.78, 5) is 4.79. The standard InChI is InChI=1S/C19H22N4O2S2/c1-24-15-8-7-13(10-16(15)25-2)18-20-14(11-26-18)12-27-19-22-21-17-6-4-3-5-9-23(17)19/h7-8,10-11H,3-6,9,12H2,1-2H3. The predicted molar refractivity (Wildman–Crippen MR) is 108 cm³/mol. The topological polar surface area (TPSA) is 62.1 Å². The number of aryl methyl sites for hydroxylation is 1. The first kappa shape index (κ1) is 18.3. The molecule has 0 radical (unpaired) electrons. The number of benzene rings is 1. The van der Waals surface area contributed by atoms with E-state index < -0.39 is 0 Å². The summed E-state index contributed by atoms with van der Waals surface area (Å²) in [6, 6.07) is 5.89. The van der Waals surface area contributed by atoms with Crippen LogP contribution in [0.1, 0.15) is 30.8 Å². The van der Waals surface area contributed by atoms with E-state index in [0.717, 1.165) is 51.7 Å². The molecule has 1 aliphatic rings. The van der Waals surface area contributed by atoms with Gasteiger partial charge in [0.25, 0.3) is 0 Å². The van der Waals surface area contributed by atoms with Gasteiger partial charge >= 0.3 is 0 Å². The molecule has 1 aliphatic heterocycles. The van der Waals surface area contributed by atoms with E-state index >= 15 is 0 Å². The molecule has 0 fully saturated rings. The van der Waals surface area contributed by atoms with Crippen LogP contribution in [0.15, 0.2) is 28.7 Å². The number of ether oxygens (including phenoxy) is 2. The minimum Gasteiger partial charge on any atom is -0.493 e. The number of thiazole rings is 1. The maximum atomic E-state index is 5.39. The van der Waals surface area contributed by atoms with Crippen molar-refractivity contribution in [1.29, 1.82) is 0 Å². The van der Waals surface area contributed by atoms with Crippen LogP contribution < -0.4 is 9.47 Å². The molecule has 142 valence electrons. The van der Waals surface area contributed by atoms with Crippen molar-refractivity contribution in [3.63, 3.8) is 0 Å². The van der Waals surface area contributed by atoms with Gasteiger partial charge in [-0.1, -0.05) is 18.2 Å². The Kier molecular flexibility index (Phi) is 5.63. The quantitative estimate of drug-likeness (QED) is 0.568. The van der Waals surface area contributed by atoms with E-state index in [1.54, 1.807) is 37.3 Å². The van der Waals surface area contributed by atoms with Crippen LogP contribution in [0.2, 0.25) is 0 Å². The molecule has 0 aliphatic carbocycles. The molecule has 2 aromatic heterocycles. The van der Waals surface area contributed by atoms with Gasteiger partial charge in [0.1, 0.15) is 10.8 Å². The van der Waals surface area contributed by atoms with Gasteiger partial charge in [-0.2, -0.15) is 0 Å². The second-order valence-corrected chi connectivity index (χ2v) is 8.16. The minimum atomic E-state index is 0.715. The Morgan fingerprint density at radius 3 is 2.85 bits per heavy atom. The molecule has 0 spiro atoms. The van der Waals surface area contributed by atoms with Crippen molar-refractivity contribution in [3.05, 3.63) is 35.1 Å². The SMILES string of the molecule is COc1ccc(-c2nc(CSc3nnc4n3CCCCC4)cs2)cc1OC. The minimum absolute atomic E-state index is 0.715. The number of fused-ring (bicyclic) bond motifs is 1. The van der Waals surface area contributed by atoms with Gasteiger partial charge < -0.3 is 14.0 Å². The van der Waals surface area contributed by atoms with Crippen molar-refractivity contribution in [2.75, 3.05) is 14.2 Å². The van der Waals surface area contributed by atoms with Crippen molar-refractivity contribution in [1.82, 2.24) is 19.7 Å². The number of thioether (sulfide) groups is 1. The van der Waals surface area contributed by atoms with Crippen LogP contribution >= 0.6 is 23.1 Å². The van der Waals surface area contributed by atoms with Crippen LogP contribution in [-0.2, 0) is 18.7 Å². The highest BCUT2D eigenvalue weighted by molar-refractivity contribution is 7.98. The molecule has 27 heavy (non-hydrogen) atoms. The van der Waals surface area contributed by atoms with E-state index in [-0.39, 0.29) is 0 Å². The third-order valence-corrected chi connectivity index (χ3v) is 6.55. The van der Waals surface area contributed by atoms with Crippen LogP contribution in [0.25, 0.3) is 10.6 Å². The molecule has 0 amide bonds. The number of hydrogen-bond donors (Lipinski definition) is 0. The van der Waals surface area contributed by atoms with Crippen molar-refractivity contribution < 1.29 is 9.47 Å². The summed E-state index contributed by atoms with van der Waals surface area (Å²) in [6.07, 6.45) is 4.73. The third kappa shape index (κ3) is 3.96. The van der Waals surface area contributed by atoms with Crippen molar-refractivity contribution >= 4 is 23.1 Å². The molecular formula is C19H22N4O2S2. The van der Waals surface area contributed by atoms with Crippen molar-refractivity contribution in [3.8, 4) is 22.1 Å². The zero-order chi connectivity index (χ0) is 18.6. The van der Waals surface area contributed by atoms with Gasteiger partial charge in [0.15, 0.2) is 16.7 Å². The van der Waals surface area contributed by atoms with Gasteiger partial charge in [-0.15, -0.1) is 21.5 Å². The summed E-state index contributed by atoms with van der Waals surface area (Å²) >= 11 is 3.36. The summed E-state index contributed by atoms with van der Waals surface area (Å²) in [6.45, 7) is 1.03. The normalized spacial score (nSPS) is 13.9. The number of rotatable bonds is 6. The Hall–Kier alpha value is -2.06. The predicted octanol–water partition coefficient (Wildman–Crippen LogP) is 4.44. The van der Waals surface area contributed by atoms with Crippen LogP contribution in [0.5, 0.6) is 11.5 Å². The first-order valence-electron chi connectivity index (χ1n) is 9.00. The van der Waals surface area contributed by atoms with E-state index in [1.165, 1.54) is 19.3 Å². The van der Waals surface area contributed by atoms with Gasteiger partial charge in [-0.25, -0.2) is 4.98 Å². The highest BCUT2D eigenvalue weighted by atomic mass is 32.2. The molecule has 0 bridgehead atoms. The monoisotopic (exact) mass is 402 g/mol. The van der Waals surface area contributed by atoms with Crippen LogP contribution in [0, 0.1) is 0 Å². The molecule has 1 aromatic carbocycles. The Labute approximate surface area is 166 Å². The van der Waals surface area contributed by atoms with Crippen molar-refractivity contribution in [2.45, 2.75) is 43.1 Å². The van der Waals surface area contributed by atoms with Crippen LogP contribution in [-0.4, -0.2) is 34.0 Å². The van der Waals surface area contributed by atoms with Gasteiger partial charge in [0.05, 0.1) is 19.9 Å². The van der Waals surface area contributed by atoms with Gasteiger partial charge in [0.2, 0.25) is 0 Å². The average Bonchev–Trinajstić information content (AvgIpc) is 3.26. The molecule has 8 heteroatoms. The fourth-order valence-corrected chi connectivity index (χ4v) is 4.98. The molecular weight excluding hydrogens is 380 g/mol. The molecule has 3 heterocycles. The van der Waals surface area contributed by atoms with Gasteiger partial charge in [0, 0.05) is 29.7 Å². The third-order valence-electron chi connectivity index (χ3n) is 4.61. The Morgan fingerprint density at radius 2 is 2.00 bits per heavy atom. The maximum absolute atomic E-state index is 5.39. The fraction of sp³-hybridized carbons (Fsp3) is 0.421. The summed E-state index contributed by atoms with van der Waals surface area (Å²) in [5.41, 5.74) is 2.09. The number of nitrogens with zero attached hydrogens (tertiary/aromatic N) is 4. The highest BCUT2D eigenvalue weighted by Crippen LogP contribution is 2.34. The Morgan fingerprint density at radius 1 is 1.11 bits per heavy atom. The van der Waals surface area contributed by atoms with Crippen molar-refractivity contribution in [2.24, 2.45) is 0 Å². The number of methoxy groups -OCH3 is 2. The molecule has 0 saturated carbocycles. The summed E-state index contributed by atoms with van der Waals surface area (Å²) in [7, 11) is 3.29. The number of hydrogen-bond acceptors (Lipinski definition) is 7. The first-order chi connectivity index (χ1) is 13.3. The second-order valence-electron chi connectivity index (χ2n) is 6.36. The lowest BCUT2D eigenvalue weighted by molar-refractivity contribution is 0.355. The summed E-state index contributed by atoms with van der Waals surface area (Å²) < 4.78 is 13.0. The molecule has 0 atom stereocenters. The van der Waals surface area contributed by atoms with Crippen LogP contribution in [0.4, 0.5) is 0 Å². The molecule has 0 N–H and O–H groups in total. The van der Waals surface area contributed by atoms with Crippen LogP contribution in [0.3, 0.4) is 0 Å². The van der Waals surface area contributed by atoms with E-state index in [0.29, 0.717) is 5.75 Å². The zero-order valence-electron chi connectivity index (χ0n) is 15.5. The molecule has 3 aromatic rings. The molecule has 0 saturated heterocycles. The van der Waals surface area contributed by atoms with E-state index in [4.69, 9.17) is 14.5 Å². The lowest BCUT2D eigenvalue weighted by Gasteiger charge is -2.08. The summed E-state index contributed by atoms with van der Waals surface area (Å²) in [5, 5.41) is 12.8. The largest absolute Gasteiger partial charge is 0.493 e. The lowest BCUT2D eigenvalue weighted by Crippen LogP contribution is -2.02. The molecule has 4 rings (SSSR count). The lowest BCUT2D eigenvalue weighted by atomic mass is 10.2. The second kappa shape index (κ2) is 8.31. The van der Waals surface area contributed by atoms with E-state index in [1.807, 2.05) is 18.2 Å². The van der Waals surface area contributed by atoms with Gasteiger partial charge in [-0.3, -0.25) is 0 Å². The maximum Gasteiger partial charge on any atom is 0.191 e. The fourth-order valence-electron chi connectivity index (χ4n) is 3.18. The molecule has 0 unspecified atom stereocenters. The Balaban J connectivity index is 1.47. The summed E-state index contributed by atoms with van der Waals surface area (Å²) in [5.74, 6) is 3.36. The van der Waals surface area contributed by atoms with E-state index in [2.05, 4.69) is 20.1 Å². The smallest absolute Gasteiger partial charge is 0.191 e. The first-order valence-corrected chi connectivity index (χ1v) is 10.9. The highest BCUT2D eigenvalue weighted by Gasteiger charge is 2.16.